The predicted molar refractivity (Wildman–Crippen MR) is 123 cm³/mol. The number of nitrogens with zero attached hydrogens (tertiary/aromatic N) is 3. The Kier molecular flexibility index (Phi) is 6.29. The Balaban J connectivity index is 1.28. The van der Waals surface area contributed by atoms with Crippen molar-refractivity contribution in [3.8, 4) is 5.75 Å². The number of benzene rings is 2. The third kappa shape index (κ3) is 4.47. The molecule has 4 rings (SSSR count). The number of hydrogen-bond donors (Lipinski definition) is 1. The van der Waals surface area contributed by atoms with Crippen LogP contribution in [0, 0.1) is 6.92 Å². The molecule has 8 heteroatoms. The fraction of sp³-hybridized carbons (Fsp3) is 0.364. The van der Waals surface area contributed by atoms with Crippen LogP contribution in [0.3, 0.4) is 0 Å². The van der Waals surface area contributed by atoms with Crippen molar-refractivity contribution in [3.05, 3.63) is 52.5 Å². The summed E-state index contributed by atoms with van der Waals surface area (Å²) >= 11 is 7.96. The number of thiazole rings is 1. The molecule has 0 aliphatic carbocycles. The molecule has 0 saturated carbocycles. The maximum Gasteiger partial charge on any atom is 0.317 e. The Morgan fingerprint density at radius 1 is 1.17 bits per heavy atom. The number of carbonyl (C=O) groups is 1. The Bertz CT molecular complexity index is 991. The third-order valence-corrected chi connectivity index (χ3v) is 6.95. The number of ether oxygens (including phenoxy) is 1. The first-order valence-electron chi connectivity index (χ1n) is 10.0. The van der Waals surface area contributed by atoms with Gasteiger partial charge in [-0.25, -0.2) is 9.78 Å². The molecule has 2 heterocycles. The fourth-order valence-electron chi connectivity index (χ4n) is 3.54. The molecule has 0 atom stereocenters. The van der Waals surface area contributed by atoms with Crippen LogP contribution >= 0.6 is 22.9 Å². The van der Waals surface area contributed by atoms with Gasteiger partial charge in [0.1, 0.15) is 5.75 Å². The van der Waals surface area contributed by atoms with E-state index in [4.69, 9.17) is 21.3 Å². The van der Waals surface area contributed by atoms with Crippen molar-refractivity contribution in [2.45, 2.75) is 13.3 Å². The van der Waals surface area contributed by atoms with Gasteiger partial charge in [-0.3, -0.25) is 0 Å². The number of rotatable bonds is 5. The maximum absolute atomic E-state index is 12.5. The summed E-state index contributed by atoms with van der Waals surface area (Å²) in [6, 6.07) is 11.8. The lowest BCUT2D eigenvalue weighted by atomic mass is 10.1. The molecule has 2 amide bonds. The molecule has 1 N–H and O–H groups in total. The van der Waals surface area contributed by atoms with Gasteiger partial charge in [0.25, 0.3) is 0 Å². The molecular weight excluding hydrogens is 420 g/mol. The lowest BCUT2D eigenvalue weighted by molar-refractivity contribution is 0.194. The minimum atomic E-state index is -0.00801. The molecule has 158 valence electrons. The number of halogens is 1. The molecule has 1 aliphatic heterocycles. The van der Waals surface area contributed by atoms with Crippen molar-refractivity contribution in [2.75, 3.05) is 44.7 Å². The highest BCUT2D eigenvalue weighted by Gasteiger charge is 2.23. The van der Waals surface area contributed by atoms with E-state index >= 15 is 0 Å². The maximum atomic E-state index is 12.5. The number of aryl methyl sites for hydroxylation is 1. The summed E-state index contributed by atoms with van der Waals surface area (Å²) in [6.07, 6.45) is 0.793. The number of carbonyl (C=O) groups excluding carboxylic acids is 1. The van der Waals surface area contributed by atoms with E-state index in [-0.39, 0.29) is 6.03 Å². The molecule has 1 saturated heterocycles. The average Bonchev–Trinajstić information content (AvgIpc) is 3.24. The number of aromatic nitrogens is 1. The van der Waals surface area contributed by atoms with Crippen molar-refractivity contribution in [2.24, 2.45) is 0 Å². The van der Waals surface area contributed by atoms with Gasteiger partial charge < -0.3 is 19.9 Å². The van der Waals surface area contributed by atoms with E-state index in [1.165, 1.54) is 5.56 Å². The first-order valence-corrected chi connectivity index (χ1v) is 11.2. The smallest absolute Gasteiger partial charge is 0.317 e. The van der Waals surface area contributed by atoms with E-state index in [9.17, 15) is 4.79 Å². The van der Waals surface area contributed by atoms with Crippen molar-refractivity contribution < 1.29 is 9.53 Å². The number of amides is 2. The summed E-state index contributed by atoms with van der Waals surface area (Å²) in [4.78, 5) is 21.4. The Labute approximate surface area is 185 Å². The SMILES string of the molecule is COc1ccc(CCNC(=O)N2CCN(c3nc4c(C)ccc(Cl)c4s3)CC2)cc1. The summed E-state index contributed by atoms with van der Waals surface area (Å²) in [6.45, 7) is 5.55. The molecule has 1 aliphatic rings. The minimum absolute atomic E-state index is 0.00801. The molecule has 2 aromatic carbocycles. The van der Waals surface area contributed by atoms with Crippen LogP contribution < -0.4 is 15.0 Å². The first kappa shape index (κ1) is 20.8. The van der Waals surface area contributed by atoms with Gasteiger partial charge in [-0.05, 0) is 42.7 Å². The number of piperazine rings is 1. The molecule has 0 radical (unpaired) electrons. The zero-order valence-electron chi connectivity index (χ0n) is 17.2. The highest BCUT2D eigenvalue weighted by molar-refractivity contribution is 7.22. The quantitative estimate of drug-likeness (QED) is 0.636. The number of nitrogens with one attached hydrogen (secondary N) is 1. The van der Waals surface area contributed by atoms with Gasteiger partial charge >= 0.3 is 6.03 Å². The van der Waals surface area contributed by atoms with Gasteiger partial charge in [0.2, 0.25) is 0 Å². The monoisotopic (exact) mass is 444 g/mol. The van der Waals surface area contributed by atoms with Crippen molar-refractivity contribution >= 4 is 44.3 Å². The standard InChI is InChI=1S/C22H25ClN4O2S/c1-15-3-8-18(23)20-19(15)25-22(30-20)27-13-11-26(12-14-27)21(28)24-10-9-16-4-6-17(29-2)7-5-16/h3-8H,9-14H2,1-2H3,(H,24,28). The van der Waals surface area contributed by atoms with Gasteiger partial charge in [0.05, 0.1) is 22.3 Å². The highest BCUT2D eigenvalue weighted by Crippen LogP contribution is 2.35. The Morgan fingerprint density at radius 2 is 1.90 bits per heavy atom. The summed E-state index contributed by atoms with van der Waals surface area (Å²) in [5, 5.41) is 4.74. The topological polar surface area (TPSA) is 57.7 Å². The minimum Gasteiger partial charge on any atom is -0.497 e. The molecule has 3 aromatic rings. The van der Waals surface area contributed by atoms with Crippen LogP contribution in [0.1, 0.15) is 11.1 Å². The van der Waals surface area contributed by atoms with Crippen molar-refractivity contribution in [3.63, 3.8) is 0 Å². The summed E-state index contributed by atoms with van der Waals surface area (Å²) in [5.41, 5.74) is 3.28. The van der Waals surface area contributed by atoms with Gasteiger partial charge in [-0.2, -0.15) is 0 Å². The number of hydrogen-bond acceptors (Lipinski definition) is 5. The van der Waals surface area contributed by atoms with Crippen LogP contribution in [0.4, 0.5) is 9.93 Å². The molecular formula is C22H25ClN4O2S. The summed E-state index contributed by atoms with van der Waals surface area (Å²) in [7, 11) is 1.65. The predicted octanol–water partition coefficient (Wildman–Crippen LogP) is 4.34. The van der Waals surface area contributed by atoms with Crippen LogP contribution in [0.5, 0.6) is 5.75 Å². The van der Waals surface area contributed by atoms with Crippen LogP contribution in [-0.2, 0) is 6.42 Å². The van der Waals surface area contributed by atoms with Gasteiger partial charge in [-0.1, -0.05) is 41.1 Å². The molecule has 0 spiro atoms. The molecule has 0 unspecified atom stereocenters. The third-order valence-electron chi connectivity index (χ3n) is 5.37. The van der Waals surface area contributed by atoms with E-state index in [0.717, 1.165) is 51.2 Å². The number of urea groups is 1. The second kappa shape index (κ2) is 9.10. The summed E-state index contributed by atoms with van der Waals surface area (Å²) < 4.78 is 6.20. The summed E-state index contributed by atoms with van der Waals surface area (Å²) in [5.74, 6) is 0.839. The van der Waals surface area contributed by atoms with Crippen molar-refractivity contribution in [1.29, 1.82) is 0 Å². The van der Waals surface area contributed by atoms with Crippen LogP contribution in [0.2, 0.25) is 5.02 Å². The van der Waals surface area contributed by atoms with E-state index in [1.54, 1.807) is 18.4 Å². The zero-order chi connectivity index (χ0) is 21.1. The van der Waals surface area contributed by atoms with Gasteiger partial charge in [0, 0.05) is 32.7 Å². The van der Waals surface area contributed by atoms with E-state index in [0.29, 0.717) is 19.6 Å². The molecule has 1 aromatic heterocycles. The fourth-order valence-corrected chi connectivity index (χ4v) is 4.91. The molecule has 6 nitrogen and oxygen atoms in total. The average molecular weight is 445 g/mol. The number of anilines is 1. The molecule has 0 bridgehead atoms. The largest absolute Gasteiger partial charge is 0.497 e. The Hall–Kier alpha value is -2.51. The van der Waals surface area contributed by atoms with Crippen molar-refractivity contribution in [1.82, 2.24) is 15.2 Å². The lowest BCUT2D eigenvalue weighted by Crippen LogP contribution is -2.52. The van der Waals surface area contributed by atoms with E-state index < -0.39 is 0 Å². The van der Waals surface area contributed by atoms with Crippen LogP contribution in [-0.4, -0.2) is 55.7 Å². The van der Waals surface area contributed by atoms with E-state index in [1.807, 2.05) is 41.3 Å². The normalized spacial score (nSPS) is 14.2. The lowest BCUT2D eigenvalue weighted by Gasteiger charge is -2.34. The van der Waals surface area contributed by atoms with Crippen LogP contribution in [0.25, 0.3) is 10.2 Å². The number of fused-ring (bicyclic) bond motifs is 1. The second-order valence-corrected chi connectivity index (χ2v) is 8.73. The molecule has 30 heavy (non-hydrogen) atoms. The highest BCUT2D eigenvalue weighted by atomic mass is 35.5. The van der Waals surface area contributed by atoms with Gasteiger partial charge in [-0.15, -0.1) is 0 Å². The number of methoxy groups -OCH3 is 1. The Morgan fingerprint density at radius 3 is 2.57 bits per heavy atom. The zero-order valence-corrected chi connectivity index (χ0v) is 18.7. The van der Waals surface area contributed by atoms with E-state index in [2.05, 4.69) is 17.1 Å². The molecule has 1 fully saturated rings. The van der Waals surface area contributed by atoms with Gasteiger partial charge in [0.15, 0.2) is 5.13 Å². The first-order chi connectivity index (χ1) is 14.5. The second-order valence-electron chi connectivity index (χ2n) is 7.34. The van der Waals surface area contributed by atoms with Crippen LogP contribution in [0.15, 0.2) is 36.4 Å².